The molecule has 6 nitrogen and oxygen atoms in total. The van der Waals surface area contributed by atoms with Gasteiger partial charge in [0.15, 0.2) is 6.61 Å². The van der Waals surface area contributed by atoms with Crippen LogP contribution in [-0.2, 0) is 14.3 Å². The molecule has 0 aromatic heterocycles. The summed E-state index contributed by atoms with van der Waals surface area (Å²) in [5.74, 6) is -1.31. The minimum absolute atomic E-state index is 0.244. The van der Waals surface area contributed by atoms with E-state index < -0.39 is 18.5 Å². The Morgan fingerprint density at radius 2 is 1.81 bits per heavy atom. The van der Waals surface area contributed by atoms with E-state index in [0.717, 1.165) is 5.56 Å². The van der Waals surface area contributed by atoms with Gasteiger partial charge in [0.25, 0.3) is 5.91 Å². The fourth-order valence-corrected chi connectivity index (χ4v) is 2.39. The Hall–Kier alpha value is -2.86. The normalized spacial score (nSPS) is 11.3. The van der Waals surface area contributed by atoms with E-state index in [1.807, 2.05) is 19.1 Å². The van der Waals surface area contributed by atoms with Crippen LogP contribution < -0.4 is 10.6 Å². The zero-order valence-corrected chi connectivity index (χ0v) is 15.2. The Bertz CT molecular complexity index is 805. The van der Waals surface area contributed by atoms with Crippen molar-refractivity contribution in [3.8, 4) is 0 Å². The van der Waals surface area contributed by atoms with E-state index in [0.29, 0.717) is 10.7 Å². The number of hydrogen-bond donors (Lipinski definition) is 2. The summed E-state index contributed by atoms with van der Waals surface area (Å²) >= 11 is 5.84. The first-order valence-electron chi connectivity index (χ1n) is 7.95. The van der Waals surface area contributed by atoms with Gasteiger partial charge in [-0.3, -0.25) is 9.59 Å². The number of ether oxygens (including phenoxy) is 1. The molecular formula is C19H19ClN2O4. The van der Waals surface area contributed by atoms with Crippen LogP contribution in [0.1, 0.15) is 35.8 Å². The van der Waals surface area contributed by atoms with Gasteiger partial charge in [0, 0.05) is 17.6 Å². The molecule has 1 atom stereocenters. The van der Waals surface area contributed by atoms with Crippen LogP contribution in [0.3, 0.4) is 0 Å². The number of anilines is 1. The van der Waals surface area contributed by atoms with E-state index in [2.05, 4.69) is 10.6 Å². The zero-order chi connectivity index (χ0) is 19.1. The monoisotopic (exact) mass is 374 g/mol. The quantitative estimate of drug-likeness (QED) is 0.759. The number of amides is 2. The predicted octanol–water partition coefficient (Wildman–Crippen LogP) is 3.33. The highest BCUT2D eigenvalue weighted by molar-refractivity contribution is 6.30. The molecule has 2 aromatic rings. The van der Waals surface area contributed by atoms with Crippen LogP contribution in [0.25, 0.3) is 0 Å². The largest absolute Gasteiger partial charge is 0.452 e. The third-order valence-corrected chi connectivity index (χ3v) is 3.75. The van der Waals surface area contributed by atoms with Gasteiger partial charge in [-0.15, -0.1) is 0 Å². The highest BCUT2D eigenvalue weighted by atomic mass is 35.5. The van der Waals surface area contributed by atoms with Crippen LogP contribution in [0.2, 0.25) is 5.02 Å². The lowest BCUT2D eigenvalue weighted by atomic mass is 10.1. The first kappa shape index (κ1) is 19.5. The van der Waals surface area contributed by atoms with E-state index in [9.17, 15) is 14.4 Å². The van der Waals surface area contributed by atoms with Crippen LogP contribution in [0, 0.1) is 0 Å². The lowest BCUT2D eigenvalue weighted by Crippen LogP contribution is -2.31. The standard InChI is InChI=1S/C19H19ClN2O4/c1-12(14-6-8-16(20)9-7-14)21-18(24)11-26-19(25)15-4-3-5-17(10-15)22-13(2)23/h3-10,12H,11H2,1-2H3,(H,21,24)(H,22,23)/t12-/m0/s1. The van der Waals surface area contributed by atoms with Crippen LogP contribution in [-0.4, -0.2) is 24.4 Å². The highest BCUT2D eigenvalue weighted by Crippen LogP contribution is 2.16. The van der Waals surface area contributed by atoms with Crippen LogP contribution in [0.5, 0.6) is 0 Å². The maximum absolute atomic E-state index is 12.1. The second-order valence-corrected chi connectivity index (χ2v) is 6.12. The number of carbonyl (C=O) groups is 3. The van der Waals surface area contributed by atoms with E-state index in [1.165, 1.54) is 13.0 Å². The lowest BCUT2D eigenvalue weighted by Gasteiger charge is -2.14. The molecule has 2 N–H and O–H groups in total. The summed E-state index contributed by atoms with van der Waals surface area (Å²) in [6.45, 7) is 2.79. The third kappa shape index (κ3) is 5.89. The van der Waals surface area contributed by atoms with Gasteiger partial charge in [0.1, 0.15) is 0 Å². The summed E-state index contributed by atoms with van der Waals surface area (Å²) in [5, 5.41) is 5.94. The second kappa shape index (κ2) is 9.01. The van der Waals surface area contributed by atoms with Crippen LogP contribution >= 0.6 is 11.6 Å². The molecule has 136 valence electrons. The van der Waals surface area contributed by atoms with Crippen molar-refractivity contribution < 1.29 is 19.1 Å². The summed E-state index contributed by atoms with van der Waals surface area (Å²) in [6.07, 6.45) is 0. The Morgan fingerprint density at radius 1 is 1.12 bits per heavy atom. The van der Waals surface area contributed by atoms with Crippen LogP contribution in [0.15, 0.2) is 48.5 Å². The smallest absolute Gasteiger partial charge is 0.338 e. The molecule has 2 rings (SSSR count). The average Bonchev–Trinajstić information content (AvgIpc) is 2.59. The minimum Gasteiger partial charge on any atom is -0.452 e. The summed E-state index contributed by atoms with van der Waals surface area (Å²) in [6, 6.07) is 13.1. The number of benzene rings is 2. The third-order valence-electron chi connectivity index (χ3n) is 3.50. The molecule has 0 bridgehead atoms. The van der Waals surface area contributed by atoms with Gasteiger partial charge in [0.2, 0.25) is 5.91 Å². The molecule has 0 unspecified atom stereocenters. The lowest BCUT2D eigenvalue weighted by molar-refractivity contribution is -0.124. The molecule has 0 heterocycles. The minimum atomic E-state index is -0.647. The van der Waals surface area contributed by atoms with E-state index >= 15 is 0 Å². The van der Waals surface area contributed by atoms with E-state index in [1.54, 1.807) is 30.3 Å². The number of esters is 1. The van der Waals surface area contributed by atoms with Crippen molar-refractivity contribution in [2.45, 2.75) is 19.9 Å². The summed E-state index contributed by atoms with van der Waals surface area (Å²) in [7, 11) is 0. The average molecular weight is 375 g/mol. The molecule has 0 radical (unpaired) electrons. The van der Waals surface area contributed by atoms with Gasteiger partial charge >= 0.3 is 5.97 Å². The molecule has 0 saturated carbocycles. The Morgan fingerprint density at radius 3 is 2.46 bits per heavy atom. The number of halogens is 1. The van der Waals surface area contributed by atoms with Gasteiger partial charge in [-0.2, -0.15) is 0 Å². The summed E-state index contributed by atoms with van der Waals surface area (Å²) in [5.41, 5.74) is 1.61. The maximum atomic E-state index is 12.1. The van der Waals surface area contributed by atoms with Crippen molar-refractivity contribution in [3.05, 3.63) is 64.7 Å². The van der Waals surface area contributed by atoms with Crippen molar-refractivity contribution in [2.75, 3.05) is 11.9 Å². The SMILES string of the molecule is CC(=O)Nc1cccc(C(=O)OCC(=O)N[C@@H](C)c2ccc(Cl)cc2)c1. The first-order valence-corrected chi connectivity index (χ1v) is 8.32. The highest BCUT2D eigenvalue weighted by Gasteiger charge is 2.13. The number of nitrogens with one attached hydrogen (secondary N) is 2. The van der Waals surface area contributed by atoms with Crippen molar-refractivity contribution in [1.29, 1.82) is 0 Å². The maximum Gasteiger partial charge on any atom is 0.338 e. The van der Waals surface area contributed by atoms with Gasteiger partial charge in [-0.1, -0.05) is 29.8 Å². The summed E-state index contributed by atoms with van der Waals surface area (Å²) < 4.78 is 5.02. The molecule has 0 aliphatic carbocycles. The molecule has 2 aromatic carbocycles. The predicted molar refractivity (Wildman–Crippen MR) is 99.0 cm³/mol. The molecular weight excluding hydrogens is 356 g/mol. The Balaban J connectivity index is 1.87. The second-order valence-electron chi connectivity index (χ2n) is 5.68. The van der Waals surface area contributed by atoms with Gasteiger partial charge in [-0.25, -0.2) is 4.79 Å². The molecule has 0 spiro atoms. The van der Waals surface area contributed by atoms with E-state index in [4.69, 9.17) is 16.3 Å². The molecule has 0 aliphatic heterocycles. The Kier molecular flexibility index (Phi) is 6.74. The van der Waals surface area contributed by atoms with Crippen molar-refractivity contribution >= 4 is 35.1 Å². The van der Waals surface area contributed by atoms with Crippen LogP contribution in [0.4, 0.5) is 5.69 Å². The molecule has 0 fully saturated rings. The number of carbonyl (C=O) groups excluding carboxylic acids is 3. The fraction of sp³-hybridized carbons (Fsp3) is 0.211. The topological polar surface area (TPSA) is 84.5 Å². The number of hydrogen-bond acceptors (Lipinski definition) is 4. The van der Waals surface area contributed by atoms with Crippen molar-refractivity contribution in [1.82, 2.24) is 5.32 Å². The summed E-state index contributed by atoms with van der Waals surface area (Å²) in [4.78, 5) is 35.1. The van der Waals surface area contributed by atoms with Gasteiger partial charge in [-0.05, 0) is 42.8 Å². The van der Waals surface area contributed by atoms with Gasteiger partial charge in [0.05, 0.1) is 11.6 Å². The fourth-order valence-electron chi connectivity index (χ4n) is 2.26. The first-order chi connectivity index (χ1) is 12.3. The molecule has 7 heteroatoms. The molecule has 2 amide bonds. The number of rotatable bonds is 6. The Labute approximate surface area is 156 Å². The molecule has 26 heavy (non-hydrogen) atoms. The van der Waals surface area contributed by atoms with Gasteiger partial charge < -0.3 is 15.4 Å². The van der Waals surface area contributed by atoms with E-state index in [-0.39, 0.29) is 17.5 Å². The zero-order valence-electron chi connectivity index (χ0n) is 14.4. The van der Waals surface area contributed by atoms with Crippen molar-refractivity contribution in [2.24, 2.45) is 0 Å². The molecule has 0 aliphatic rings. The van der Waals surface area contributed by atoms with Crippen molar-refractivity contribution in [3.63, 3.8) is 0 Å². The molecule has 0 saturated heterocycles.